The van der Waals surface area contributed by atoms with Crippen molar-refractivity contribution >= 4 is 11.9 Å². The summed E-state index contributed by atoms with van der Waals surface area (Å²) in [6, 6.07) is 6.49. The van der Waals surface area contributed by atoms with Crippen molar-refractivity contribution in [2.75, 3.05) is 32.8 Å². The Bertz CT molecular complexity index is 539. The molecular weight excluding hydrogens is 284 g/mol. The van der Waals surface area contributed by atoms with Crippen molar-refractivity contribution in [1.82, 2.24) is 9.80 Å². The lowest BCUT2D eigenvalue weighted by molar-refractivity contribution is -0.145. The van der Waals surface area contributed by atoms with E-state index in [2.05, 4.69) is 0 Å². The van der Waals surface area contributed by atoms with Gasteiger partial charge in [-0.15, -0.1) is 0 Å². The van der Waals surface area contributed by atoms with Gasteiger partial charge in [0.2, 0.25) is 5.91 Å². The van der Waals surface area contributed by atoms with Gasteiger partial charge in [-0.25, -0.2) is 0 Å². The Kier molecular flexibility index (Phi) is 5.38. The molecule has 1 fully saturated rings. The molecule has 1 aromatic carbocycles. The quantitative estimate of drug-likeness (QED) is 0.890. The Balaban J connectivity index is 2.21. The highest BCUT2D eigenvalue weighted by Crippen LogP contribution is 2.30. The minimum atomic E-state index is -0.900. The molecule has 0 spiro atoms. The number of piperazine rings is 1. The number of nitrogens with zero attached hydrogens (tertiary/aromatic N) is 2. The standard InChI is InChI=1S/C16H22N2O4/c1-3-22-14-7-5-4-6-13(14)15(16(20)21)18-10-8-17(9-11-18)12(2)19/h4-7,15H,3,8-11H2,1-2H3,(H,20,21). The number of carboxylic acids is 1. The topological polar surface area (TPSA) is 70.1 Å². The molecule has 6 nitrogen and oxygen atoms in total. The van der Waals surface area contributed by atoms with Crippen LogP contribution in [0.15, 0.2) is 24.3 Å². The molecule has 1 N–H and O–H groups in total. The van der Waals surface area contributed by atoms with Crippen LogP contribution in [0.5, 0.6) is 5.75 Å². The zero-order valence-electron chi connectivity index (χ0n) is 13.0. The number of carboxylic acid groups (broad SMARTS) is 1. The van der Waals surface area contributed by atoms with Crippen LogP contribution in [0.1, 0.15) is 25.5 Å². The second-order valence-corrected chi connectivity index (χ2v) is 5.25. The van der Waals surface area contributed by atoms with Gasteiger partial charge in [-0.05, 0) is 13.0 Å². The first-order valence-corrected chi connectivity index (χ1v) is 7.48. The molecule has 0 aliphatic carbocycles. The van der Waals surface area contributed by atoms with Crippen LogP contribution in [-0.2, 0) is 9.59 Å². The molecule has 1 heterocycles. The second kappa shape index (κ2) is 7.26. The first-order chi connectivity index (χ1) is 10.5. The molecule has 1 saturated heterocycles. The average molecular weight is 306 g/mol. The predicted octanol–water partition coefficient (Wildman–Crippen LogP) is 1.38. The van der Waals surface area contributed by atoms with Crippen LogP contribution in [0, 0.1) is 0 Å². The molecule has 1 aromatic rings. The summed E-state index contributed by atoms with van der Waals surface area (Å²) in [5, 5.41) is 9.67. The van der Waals surface area contributed by atoms with E-state index < -0.39 is 12.0 Å². The van der Waals surface area contributed by atoms with E-state index in [0.717, 1.165) is 0 Å². The largest absolute Gasteiger partial charge is 0.494 e. The summed E-state index contributed by atoms with van der Waals surface area (Å²) in [7, 11) is 0. The van der Waals surface area contributed by atoms with Crippen molar-refractivity contribution in [2.45, 2.75) is 19.9 Å². The molecule has 6 heteroatoms. The Morgan fingerprint density at radius 3 is 2.41 bits per heavy atom. The number of carbonyl (C=O) groups is 2. The molecular formula is C16H22N2O4. The summed E-state index contributed by atoms with van der Waals surface area (Å²) in [5.41, 5.74) is 0.660. The van der Waals surface area contributed by atoms with Crippen molar-refractivity contribution in [3.63, 3.8) is 0 Å². The number of benzene rings is 1. The van der Waals surface area contributed by atoms with E-state index in [9.17, 15) is 14.7 Å². The lowest BCUT2D eigenvalue weighted by Crippen LogP contribution is -2.50. The average Bonchev–Trinajstić information content (AvgIpc) is 2.50. The summed E-state index contributed by atoms with van der Waals surface area (Å²) in [4.78, 5) is 26.8. The van der Waals surface area contributed by atoms with Crippen LogP contribution in [0.25, 0.3) is 0 Å². The Labute approximate surface area is 130 Å². The van der Waals surface area contributed by atoms with Gasteiger partial charge in [0.15, 0.2) is 0 Å². The smallest absolute Gasteiger partial charge is 0.325 e. The van der Waals surface area contributed by atoms with Crippen molar-refractivity contribution in [3.05, 3.63) is 29.8 Å². The highest BCUT2D eigenvalue weighted by Gasteiger charge is 2.32. The molecule has 1 amide bonds. The number of para-hydroxylation sites is 1. The minimum Gasteiger partial charge on any atom is -0.494 e. The van der Waals surface area contributed by atoms with E-state index in [1.54, 1.807) is 17.0 Å². The van der Waals surface area contributed by atoms with Gasteiger partial charge in [0, 0.05) is 38.7 Å². The number of aliphatic carboxylic acids is 1. The highest BCUT2D eigenvalue weighted by atomic mass is 16.5. The number of hydrogen-bond acceptors (Lipinski definition) is 4. The summed E-state index contributed by atoms with van der Waals surface area (Å²) in [5.74, 6) is -0.268. The van der Waals surface area contributed by atoms with E-state index in [0.29, 0.717) is 44.1 Å². The Hall–Kier alpha value is -2.08. The minimum absolute atomic E-state index is 0.0289. The van der Waals surface area contributed by atoms with E-state index in [1.165, 1.54) is 6.92 Å². The van der Waals surface area contributed by atoms with E-state index in [-0.39, 0.29) is 5.91 Å². The highest BCUT2D eigenvalue weighted by molar-refractivity contribution is 5.77. The number of amides is 1. The third kappa shape index (κ3) is 3.57. The van der Waals surface area contributed by atoms with Gasteiger partial charge in [-0.3, -0.25) is 14.5 Å². The number of rotatable bonds is 5. The van der Waals surface area contributed by atoms with Crippen LogP contribution >= 0.6 is 0 Å². The summed E-state index contributed by atoms with van der Waals surface area (Å²) in [6.45, 7) is 6.08. The van der Waals surface area contributed by atoms with Gasteiger partial charge in [0.1, 0.15) is 11.8 Å². The van der Waals surface area contributed by atoms with Crippen molar-refractivity contribution in [3.8, 4) is 5.75 Å². The van der Waals surface area contributed by atoms with Gasteiger partial charge in [0.25, 0.3) is 0 Å². The predicted molar refractivity (Wildman–Crippen MR) is 81.8 cm³/mol. The van der Waals surface area contributed by atoms with Gasteiger partial charge < -0.3 is 14.7 Å². The third-order valence-electron chi connectivity index (χ3n) is 3.87. The van der Waals surface area contributed by atoms with Gasteiger partial charge in [-0.1, -0.05) is 18.2 Å². The van der Waals surface area contributed by atoms with Gasteiger partial charge >= 0.3 is 5.97 Å². The number of carbonyl (C=O) groups excluding carboxylic acids is 1. The molecule has 0 aromatic heterocycles. The summed E-state index contributed by atoms with van der Waals surface area (Å²) >= 11 is 0. The maximum absolute atomic E-state index is 11.8. The van der Waals surface area contributed by atoms with E-state index in [1.807, 2.05) is 24.0 Å². The first-order valence-electron chi connectivity index (χ1n) is 7.48. The SMILES string of the molecule is CCOc1ccccc1C(C(=O)O)N1CCN(C(C)=O)CC1. The van der Waals surface area contributed by atoms with E-state index >= 15 is 0 Å². The first kappa shape index (κ1) is 16.3. The van der Waals surface area contributed by atoms with Crippen LogP contribution in [0.2, 0.25) is 0 Å². The number of ether oxygens (including phenoxy) is 1. The van der Waals surface area contributed by atoms with Crippen LogP contribution in [0.4, 0.5) is 0 Å². The molecule has 1 atom stereocenters. The molecule has 120 valence electrons. The molecule has 2 rings (SSSR count). The Morgan fingerprint density at radius 2 is 1.86 bits per heavy atom. The van der Waals surface area contributed by atoms with Gasteiger partial charge in [-0.2, -0.15) is 0 Å². The van der Waals surface area contributed by atoms with Crippen molar-refractivity contribution < 1.29 is 19.4 Å². The maximum atomic E-state index is 11.8. The lowest BCUT2D eigenvalue weighted by atomic mass is 10.0. The molecule has 1 aliphatic rings. The lowest BCUT2D eigenvalue weighted by Gasteiger charge is -2.37. The summed E-state index contributed by atoms with van der Waals surface area (Å²) < 4.78 is 5.56. The molecule has 1 unspecified atom stereocenters. The summed E-state index contributed by atoms with van der Waals surface area (Å²) in [6.07, 6.45) is 0. The zero-order chi connectivity index (χ0) is 16.1. The van der Waals surface area contributed by atoms with Crippen LogP contribution in [0.3, 0.4) is 0 Å². The van der Waals surface area contributed by atoms with Crippen molar-refractivity contribution in [1.29, 1.82) is 0 Å². The fourth-order valence-corrected chi connectivity index (χ4v) is 2.77. The Morgan fingerprint density at radius 1 is 1.23 bits per heavy atom. The third-order valence-corrected chi connectivity index (χ3v) is 3.87. The van der Waals surface area contributed by atoms with Gasteiger partial charge in [0.05, 0.1) is 6.61 Å². The molecule has 1 aliphatic heterocycles. The van der Waals surface area contributed by atoms with Crippen LogP contribution < -0.4 is 4.74 Å². The molecule has 0 saturated carbocycles. The molecule has 0 bridgehead atoms. The van der Waals surface area contributed by atoms with E-state index in [4.69, 9.17) is 4.74 Å². The second-order valence-electron chi connectivity index (χ2n) is 5.25. The maximum Gasteiger partial charge on any atom is 0.325 e. The fraction of sp³-hybridized carbons (Fsp3) is 0.500. The van der Waals surface area contributed by atoms with Crippen molar-refractivity contribution in [2.24, 2.45) is 0 Å². The molecule has 0 radical (unpaired) electrons. The van der Waals surface area contributed by atoms with Crippen LogP contribution in [-0.4, -0.2) is 59.6 Å². The number of hydrogen-bond donors (Lipinski definition) is 1. The monoisotopic (exact) mass is 306 g/mol. The normalized spacial score (nSPS) is 17.1. The fourth-order valence-electron chi connectivity index (χ4n) is 2.77. The molecule has 22 heavy (non-hydrogen) atoms. The zero-order valence-corrected chi connectivity index (χ0v) is 13.0.